The molecule has 3 heterocycles. The summed E-state index contributed by atoms with van der Waals surface area (Å²) in [7, 11) is 0. The minimum Gasteiger partial charge on any atom is -0.384 e. The van der Waals surface area contributed by atoms with Gasteiger partial charge >= 0.3 is 0 Å². The van der Waals surface area contributed by atoms with Gasteiger partial charge in [-0.2, -0.15) is 0 Å². The molecule has 0 radical (unpaired) electrons. The lowest BCUT2D eigenvalue weighted by atomic mass is 10.0. The number of nitrogen functional groups attached to an aromatic ring is 1. The van der Waals surface area contributed by atoms with E-state index in [0.29, 0.717) is 22.8 Å². The average Bonchev–Trinajstić information content (AvgIpc) is 2.67. The van der Waals surface area contributed by atoms with Crippen LogP contribution in [0.15, 0.2) is 61.1 Å². The Labute approximate surface area is 155 Å². The lowest BCUT2D eigenvalue weighted by molar-refractivity contribution is 0.629. The molecule has 0 saturated carbocycles. The topological polar surface area (TPSA) is 89.6 Å². The van der Waals surface area contributed by atoms with Crippen molar-refractivity contribution < 1.29 is 4.39 Å². The van der Waals surface area contributed by atoms with Gasteiger partial charge in [0.2, 0.25) is 0 Å². The first kappa shape index (κ1) is 16.8. The van der Waals surface area contributed by atoms with Crippen molar-refractivity contribution in [3.8, 4) is 11.4 Å². The molecule has 7 heteroatoms. The Bertz CT molecular complexity index is 1100. The van der Waals surface area contributed by atoms with Crippen molar-refractivity contribution in [3.05, 3.63) is 72.4 Å². The summed E-state index contributed by atoms with van der Waals surface area (Å²) in [5, 5.41) is 4.16. The third-order valence-electron chi connectivity index (χ3n) is 4.24. The Kier molecular flexibility index (Phi) is 4.33. The fourth-order valence-electron chi connectivity index (χ4n) is 2.95. The number of fused-ring (bicyclic) bond motifs is 1. The Hall–Kier alpha value is -3.61. The molecule has 4 aromatic rings. The number of benzene rings is 1. The van der Waals surface area contributed by atoms with Gasteiger partial charge < -0.3 is 11.1 Å². The zero-order chi connectivity index (χ0) is 18.8. The lowest BCUT2D eigenvalue weighted by Gasteiger charge is -2.19. The highest BCUT2D eigenvalue weighted by Crippen LogP contribution is 2.30. The quantitative estimate of drug-likeness (QED) is 0.572. The van der Waals surface area contributed by atoms with Gasteiger partial charge in [-0.05, 0) is 37.3 Å². The molecular formula is C20H17FN6. The van der Waals surface area contributed by atoms with Crippen molar-refractivity contribution in [2.75, 3.05) is 11.1 Å². The molecule has 0 bridgehead atoms. The summed E-state index contributed by atoms with van der Waals surface area (Å²) in [5.74, 6) is 0.676. The van der Waals surface area contributed by atoms with Crippen molar-refractivity contribution in [2.24, 2.45) is 0 Å². The molecule has 3 aromatic heterocycles. The van der Waals surface area contributed by atoms with Gasteiger partial charge in [0.15, 0.2) is 0 Å². The number of hydrogen-bond acceptors (Lipinski definition) is 6. The zero-order valence-electron chi connectivity index (χ0n) is 14.6. The maximum Gasteiger partial charge on any atom is 0.131 e. The van der Waals surface area contributed by atoms with Gasteiger partial charge in [0, 0.05) is 29.3 Å². The predicted octanol–water partition coefficient (Wildman–Crippen LogP) is 3.98. The van der Waals surface area contributed by atoms with E-state index in [-0.39, 0.29) is 11.9 Å². The van der Waals surface area contributed by atoms with Gasteiger partial charge in [0.05, 0.1) is 22.9 Å². The van der Waals surface area contributed by atoms with Gasteiger partial charge in [-0.15, -0.1) is 0 Å². The SMILES string of the molecule is C[C@H](Nc1cc(N)ncn1)c1cc2ccc(F)cc2nc1-c1ccccn1. The second kappa shape index (κ2) is 6.95. The highest BCUT2D eigenvalue weighted by Gasteiger charge is 2.17. The van der Waals surface area contributed by atoms with Crippen LogP contribution in [0.4, 0.5) is 16.0 Å². The summed E-state index contributed by atoms with van der Waals surface area (Å²) in [5.41, 5.74) is 8.64. The molecule has 3 N–H and O–H groups in total. The molecule has 1 aromatic carbocycles. The first-order valence-corrected chi connectivity index (χ1v) is 8.46. The predicted molar refractivity (Wildman–Crippen MR) is 103 cm³/mol. The first-order valence-electron chi connectivity index (χ1n) is 8.46. The average molecular weight is 360 g/mol. The molecule has 0 aliphatic heterocycles. The maximum absolute atomic E-state index is 13.7. The van der Waals surface area contributed by atoms with Crippen LogP contribution in [0.25, 0.3) is 22.3 Å². The van der Waals surface area contributed by atoms with E-state index < -0.39 is 0 Å². The molecule has 0 aliphatic carbocycles. The van der Waals surface area contributed by atoms with Crippen LogP contribution in [0.2, 0.25) is 0 Å². The molecule has 0 fully saturated rings. The number of anilines is 2. The van der Waals surface area contributed by atoms with Crippen molar-refractivity contribution in [2.45, 2.75) is 13.0 Å². The van der Waals surface area contributed by atoms with Crippen LogP contribution in [0.3, 0.4) is 0 Å². The van der Waals surface area contributed by atoms with Crippen LogP contribution in [-0.4, -0.2) is 19.9 Å². The highest BCUT2D eigenvalue weighted by molar-refractivity contribution is 5.83. The summed E-state index contributed by atoms with van der Waals surface area (Å²) < 4.78 is 13.7. The largest absolute Gasteiger partial charge is 0.384 e. The van der Waals surface area contributed by atoms with E-state index in [9.17, 15) is 4.39 Å². The van der Waals surface area contributed by atoms with Crippen LogP contribution < -0.4 is 11.1 Å². The van der Waals surface area contributed by atoms with E-state index in [1.807, 2.05) is 31.2 Å². The van der Waals surface area contributed by atoms with E-state index in [2.05, 4.69) is 25.3 Å². The summed E-state index contributed by atoms with van der Waals surface area (Å²) in [6.45, 7) is 2.00. The maximum atomic E-state index is 13.7. The summed E-state index contributed by atoms with van der Waals surface area (Å²) in [6, 6.07) is 13.7. The van der Waals surface area contributed by atoms with Crippen LogP contribution in [0.5, 0.6) is 0 Å². The summed E-state index contributed by atoms with van der Waals surface area (Å²) in [6.07, 6.45) is 3.12. The van der Waals surface area contributed by atoms with Crippen LogP contribution >= 0.6 is 0 Å². The minimum atomic E-state index is -0.322. The third-order valence-corrected chi connectivity index (χ3v) is 4.24. The molecule has 0 spiro atoms. The molecule has 134 valence electrons. The van der Waals surface area contributed by atoms with Crippen LogP contribution in [0, 0.1) is 5.82 Å². The van der Waals surface area contributed by atoms with E-state index in [1.54, 1.807) is 18.3 Å². The zero-order valence-corrected chi connectivity index (χ0v) is 14.6. The van der Waals surface area contributed by atoms with E-state index in [4.69, 9.17) is 5.73 Å². The van der Waals surface area contributed by atoms with E-state index in [1.165, 1.54) is 18.5 Å². The fraction of sp³-hybridized carbons (Fsp3) is 0.100. The van der Waals surface area contributed by atoms with Crippen molar-refractivity contribution in [1.29, 1.82) is 0 Å². The van der Waals surface area contributed by atoms with Gasteiger partial charge in [0.25, 0.3) is 0 Å². The molecule has 0 aliphatic rings. The number of nitrogens with one attached hydrogen (secondary N) is 1. The normalized spacial score (nSPS) is 12.1. The Morgan fingerprint density at radius 3 is 2.70 bits per heavy atom. The number of aromatic nitrogens is 4. The summed E-state index contributed by atoms with van der Waals surface area (Å²) in [4.78, 5) is 17.2. The number of halogens is 1. The highest BCUT2D eigenvalue weighted by atomic mass is 19.1. The van der Waals surface area contributed by atoms with Gasteiger partial charge in [-0.25, -0.2) is 19.3 Å². The molecular weight excluding hydrogens is 343 g/mol. The van der Waals surface area contributed by atoms with Gasteiger partial charge in [-0.3, -0.25) is 4.98 Å². The fourth-order valence-corrected chi connectivity index (χ4v) is 2.95. The lowest BCUT2D eigenvalue weighted by Crippen LogP contribution is -2.11. The number of rotatable bonds is 4. The van der Waals surface area contributed by atoms with Gasteiger partial charge in [0.1, 0.15) is 23.8 Å². The molecule has 4 rings (SSSR count). The number of nitrogens with two attached hydrogens (primary N) is 1. The van der Waals surface area contributed by atoms with Crippen molar-refractivity contribution >= 4 is 22.5 Å². The Balaban J connectivity index is 1.83. The molecule has 6 nitrogen and oxygen atoms in total. The minimum absolute atomic E-state index is 0.141. The van der Waals surface area contributed by atoms with E-state index >= 15 is 0 Å². The Morgan fingerprint density at radius 1 is 1.04 bits per heavy atom. The molecule has 0 amide bonds. The van der Waals surface area contributed by atoms with E-state index in [0.717, 1.165) is 16.6 Å². The second-order valence-corrected chi connectivity index (χ2v) is 6.17. The standard InChI is InChI=1S/C20H17FN6/c1-12(26-19-10-18(22)24-11-25-19)15-8-13-5-6-14(21)9-17(13)27-20(15)16-4-2-3-7-23-16/h2-12H,1H3,(H3,22,24,25,26)/t12-/m0/s1. The van der Waals surface area contributed by atoms with Crippen LogP contribution in [0.1, 0.15) is 18.5 Å². The van der Waals surface area contributed by atoms with Crippen molar-refractivity contribution in [3.63, 3.8) is 0 Å². The van der Waals surface area contributed by atoms with Crippen molar-refractivity contribution in [1.82, 2.24) is 19.9 Å². The molecule has 27 heavy (non-hydrogen) atoms. The number of nitrogens with zero attached hydrogens (tertiary/aromatic N) is 4. The molecule has 1 atom stereocenters. The molecule has 0 unspecified atom stereocenters. The monoisotopic (exact) mass is 360 g/mol. The first-order chi connectivity index (χ1) is 13.1. The van der Waals surface area contributed by atoms with Gasteiger partial charge in [-0.1, -0.05) is 6.07 Å². The Morgan fingerprint density at radius 2 is 1.93 bits per heavy atom. The third kappa shape index (κ3) is 3.52. The number of pyridine rings is 2. The number of hydrogen-bond donors (Lipinski definition) is 2. The smallest absolute Gasteiger partial charge is 0.131 e. The van der Waals surface area contributed by atoms with Crippen LogP contribution in [-0.2, 0) is 0 Å². The second-order valence-electron chi connectivity index (χ2n) is 6.17. The molecule has 0 saturated heterocycles. The summed E-state index contributed by atoms with van der Waals surface area (Å²) >= 11 is 0.